The lowest BCUT2D eigenvalue weighted by Gasteiger charge is -2.33. The van der Waals surface area contributed by atoms with E-state index in [1.54, 1.807) is 16.0 Å². The highest BCUT2D eigenvalue weighted by molar-refractivity contribution is 5.79. The zero-order chi connectivity index (χ0) is 27.1. The fourth-order valence-corrected chi connectivity index (χ4v) is 4.60. The van der Waals surface area contributed by atoms with Gasteiger partial charge in [0, 0.05) is 31.7 Å². The molecular weight excluding hydrogens is 486 g/mol. The Morgan fingerprint density at radius 1 is 1.05 bits per heavy atom. The first kappa shape index (κ1) is 27.9. The van der Waals surface area contributed by atoms with Crippen LogP contribution in [0.5, 0.6) is 5.75 Å². The number of nitrogens with zero attached hydrogens (tertiary/aromatic N) is 3. The second-order valence-corrected chi connectivity index (χ2v) is 11.0. The van der Waals surface area contributed by atoms with Crippen LogP contribution in [-0.4, -0.2) is 89.6 Å². The first-order valence-electron chi connectivity index (χ1n) is 13.4. The zero-order valence-electron chi connectivity index (χ0n) is 22.6. The molecule has 2 aromatic rings. The van der Waals surface area contributed by atoms with Crippen LogP contribution in [-0.2, 0) is 20.7 Å². The summed E-state index contributed by atoms with van der Waals surface area (Å²) in [6.45, 7) is 8.94. The van der Waals surface area contributed by atoms with E-state index in [-0.39, 0.29) is 24.7 Å². The highest BCUT2D eigenvalue weighted by Gasteiger charge is 2.27. The second-order valence-electron chi connectivity index (χ2n) is 11.0. The summed E-state index contributed by atoms with van der Waals surface area (Å²) in [5.41, 5.74) is 2.25. The monoisotopic (exact) mass is 525 g/mol. The molecule has 2 amide bonds. The van der Waals surface area contributed by atoms with Crippen molar-refractivity contribution < 1.29 is 28.9 Å². The predicted molar refractivity (Wildman–Crippen MR) is 143 cm³/mol. The third-order valence-corrected chi connectivity index (χ3v) is 6.79. The van der Waals surface area contributed by atoms with E-state index >= 15 is 0 Å². The van der Waals surface area contributed by atoms with Crippen molar-refractivity contribution in [3.8, 4) is 17.0 Å². The van der Waals surface area contributed by atoms with E-state index in [0.717, 1.165) is 35.4 Å². The van der Waals surface area contributed by atoms with Crippen molar-refractivity contribution in [3.05, 3.63) is 48.2 Å². The first-order valence-corrected chi connectivity index (χ1v) is 13.4. The minimum absolute atomic E-state index is 0.0367. The molecule has 1 atom stereocenters. The van der Waals surface area contributed by atoms with E-state index in [0.29, 0.717) is 51.7 Å². The number of ether oxygens (including phenoxy) is 3. The molecule has 1 aromatic carbocycles. The average molecular weight is 526 g/mol. The van der Waals surface area contributed by atoms with Gasteiger partial charge in [0.1, 0.15) is 11.4 Å². The smallest absolute Gasteiger partial charge is 0.410 e. The molecule has 2 fully saturated rings. The van der Waals surface area contributed by atoms with Gasteiger partial charge in [0.2, 0.25) is 5.91 Å². The maximum Gasteiger partial charge on any atom is 0.410 e. The van der Waals surface area contributed by atoms with Crippen molar-refractivity contribution in [2.75, 3.05) is 46.0 Å². The number of aromatic nitrogens is 1. The van der Waals surface area contributed by atoms with Gasteiger partial charge in [-0.3, -0.25) is 9.78 Å². The van der Waals surface area contributed by atoms with Gasteiger partial charge in [-0.15, -0.1) is 0 Å². The van der Waals surface area contributed by atoms with Crippen LogP contribution in [0, 0.1) is 5.92 Å². The number of carbonyl (C=O) groups excluding carboxylic acids is 2. The van der Waals surface area contributed by atoms with E-state index in [1.165, 1.54) is 0 Å². The van der Waals surface area contributed by atoms with Gasteiger partial charge in [0.25, 0.3) is 0 Å². The fourth-order valence-electron chi connectivity index (χ4n) is 4.60. The number of likely N-dealkylation sites (tertiary alicyclic amines) is 1. The molecule has 3 heterocycles. The summed E-state index contributed by atoms with van der Waals surface area (Å²) in [4.78, 5) is 33.0. The van der Waals surface area contributed by atoms with Crippen LogP contribution in [0.4, 0.5) is 4.79 Å². The van der Waals surface area contributed by atoms with Gasteiger partial charge in [0.05, 0.1) is 44.2 Å². The molecular formula is C29H39N3O6. The Kier molecular flexibility index (Phi) is 9.22. The minimum atomic E-state index is -0.480. The molecule has 2 saturated heterocycles. The molecule has 9 heteroatoms. The number of pyridine rings is 1. The molecule has 0 aliphatic carbocycles. The number of amides is 2. The molecule has 1 aromatic heterocycles. The Bertz CT molecular complexity index is 1060. The molecule has 1 unspecified atom stereocenters. The summed E-state index contributed by atoms with van der Waals surface area (Å²) in [6, 6.07) is 11.7. The van der Waals surface area contributed by atoms with Crippen molar-refractivity contribution in [2.45, 2.75) is 51.7 Å². The average Bonchev–Trinajstić information content (AvgIpc) is 2.92. The molecule has 38 heavy (non-hydrogen) atoms. The maximum atomic E-state index is 12.6. The Balaban J connectivity index is 1.22. The number of benzene rings is 1. The number of rotatable bonds is 7. The Morgan fingerprint density at radius 2 is 1.79 bits per heavy atom. The second kappa shape index (κ2) is 12.6. The summed E-state index contributed by atoms with van der Waals surface area (Å²) < 4.78 is 16.9. The molecule has 0 radical (unpaired) electrons. The number of carbonyl (C=O) groups is 2. The molecule has 2 aliphatic heterocycles. The topological polar surface area (TPSA) is 101 Å². The number of aliphatic hydroxyl groups is 1. The summed E-state index contributed by atoms with van der Waals surface area (Å²) >= 11 is 0. The van der Waals surface area contributed by atoms with Crippen molar-refractivity contribution in [3.63, 3.8) is 0 Å². The first-order chi connectivity index (χ1) is 18.2. The standard InChI is InChI=1S/C29H39N3O6/c1-29(2,3)38-28(35)31-12-10-22(11-13-31)20-37-24-8-9-26(30-17-24)23-6-4-21(5-7-23)16-27(34)32-14-15-36-25(18-32)19-33/h4-9,17,22,25,33H,10-16,18-20H2,1-3H3. The lowest BCUT2D eigenvalue weighted by atomic mass is 9.98. The molecule has 9 nitrogen and oxygen atoms in total. The van der Waals surface area contributed by atoms with Crippen LogP contribution in [0.3, 0.4) is 0 Å². The normalized spacial score (nSPS) is 18.8. The Hall–Kier alpha value is -3.17. The molecule has 0 saturated carbocycles. The van der Waals surface area contributed by atoms with Gasteiger partial charge in [-0.05, 0) is 57.2 Å². The van der Waals surface area contributed by atoms with Gasteiger partial charge in [-0.1, -0.05) is 24.3 Å². The van der Waals surface area contributed by atoms with Gasteiger partial charge < -0.3 is 29.1 Å². The number of piperidine rings is 1. The highest BCUT2D eigenvalue weighted by Crippen LogP contribution is 2.23. The van der Waals surface area contributed by atoms with Crippen molar-refractivity contribution in [1.82, 2.24) is 14.8 Å². The van der Waals surface area contributed by atoms with Crippen LogP contribution in [0.2, 0.25) is 0 Å². The lowest BCUT2D eigenvalue weighted by molar-refractivity contribution is -0.139. The van der Waals surface area contributed by atoms with Crippen LogP contribution in [0.15, 0.2) is 42.6 Å². The summed E-state index contributed by atoms with van der Waals surface area (Å²) in [5.74, 6) is 1.14. The van der Waals surface area contributed by atoms with Crippen molar-refractivity contribution in [1.29, 1.82) is 0 Å². The minimum Gasteiger partial charge on any atom is -0.492 e. The lowest BCUT2D eigenvalue weighted by Crippen LogP contribution is -2.47. The summed E-state index contributed by atoms with van der Waals surface area (Å²) in [5, 5.41) is 9.29. The summed E-state index contributed by atoms with van der Waals surface area (Å²) in [6.07, 6.45) is 3.27. The maximum absolute atomic E-state index is 12.6. The number of hydrogen-bond acceptors (Lipinski definition) is 7. The Labute approximate surface area is 224 Å². The van der Waals surface area contributed by atoms with Crippen LogP contribution < -0.4 is 4.74 Å². The van der Waals surface area contributed by atoms with E-state index in [1.807, 2.05) is 57.2 Å². The SMILES string of the molecule is CC(C)(C)OC(=O)N1CCC(COc2ccc(-c3ccc(CC(=O)N4CCOC(CO)C4)cc3)nc2)CC1. The van der Waals surface area contributed by atoms with Crippen LogP contribution in [0.1, 0.15) is 39.2 Å². The van der Waals surface area contributed by atoms with Crippen LogP contribution >= 0.6 is 0 Å². The van der Waals surface area contributed by atoms with E-state index in [4.69, 9.17) is 14.2 Å². The van der Waals surface area contributed by atoms with Gasteiger partial charge >= 0.3 is 6.09 Å². The quantitative estimate of drug-likeness (QED) is 0.590. The van der Waals surface area contributed by atoms with E-state index in [9.17, 15) is 14.7 Å². The van der Waals surface area contributed by atoms with E-state index in [2.05, 4.69) is 4.98 Å². The molecule has 2 aliphatic rings. The third-order valence-electron chi connectivity index (χ3n) is 6.79. The zero-order valence-corrected chi connectivity index (χ0v) is 22.6. The number of morpholine rings is 1. The third kappa shape index (κ3) is 7.91. The van der Waals surface area contributed by atoms with Gasteiger partial charge in [-0.25, -0.2) is 4.79 Å². The molecule has 206 valence electrons. The molecule has 0 bridgehead atoms. The van der Waals surface area contributed by atoms with Gasteiger partial charge in [-0.2, -0.15) is 0 Å². The number of aliphatic hydroxyl groups excluding tert-OH is 1. The molecule has 1 N–H and O–H groups in total. The van der Waals surface area contributed by atoms with Crippen molar-refractivity contribution in [2.24, 2.45) is 5.92 Å². The van der Waals surface area contributed by atoms with Gasteiger partial charge in [0.15, 0.2) is 0 Å². The summed E-state index contributed by atoms with van der Waals surface area (Å²) in [7, 11) is 0. The van der Waals surface area contributed by atoms with Crippen LogP contribution in [0.25, 0.3) is 11.3 Å². The molecule has 4 rings (SSSR count). The fraction of sp³-hybridized carbons (Fsp3) is 0.552. The largest absolute Gasteiger partial charge is 0.492 e. The van der Waals surface area contributed by atoms with Crippen molar-refractivity contribution >= 4 is 12.0 Å². The predicted octanol–water partition coefficient (Wildman–Crippen LogP) is 3.54. The Morgan fingerprint density at radius 3 is 2.42 bits per heavy atom. The number of hydrogen-bond donors (Lipinski definition) is 1. The highest BCUT2D eigenvalue weighted by atomic mass is 16.6. The van der Waals surface area contributed by atoms with E-state index < -0.39 is 5.60 Å². The molecule has 0 spiro atoms.